The summed E-state index contributed by atoms with van der Waals surface area (Å²) in [5.74, 6) is 0. The Morgan fingerprint density at radius 3 is 2.70 bits per heavy atom. The van der Waals surface area contributed by atoms with Crippen LogP contribution < -0.4 is 0 Å². The summed E-state index contributed by atoms with van der Waals surface area (Å²) in [5.41, 5.74) is 7.96. The maximum Gasteiger partial charge on any atom is 0.0594 e. The van der Waals surface area contributed by atoms with Crippen molar-refractivity contribution in [3.63, 3.8) is 0 Å². The van der Waals surface area contributed by atoms with Crippen LogP contribution in [0.4, 0.5) is 0 Å². The molecule has 2 aromatic carbocycles. The van der Waals surface area contributed by atoms with Crippen molar-refractivity contribution >= 4 is 28.1 Å². The van der Waals surface area contributed by atoms with E-state index in [1.165, 1.54) is 38.7 Å². The van der Waals surface area contributed by atoms with Gasteiger partial charge in [-0.1, -0.05) is 42.5 Å². The molecule has 1 N–H and O–H groups in total. The number of allylic oxidation sites excluding steroid dienone is 2. The molecule has 0 radical (unpaired) electrons. The Kier molecular flexibility index (Phi) is 4.40. The molecule has 27 heavy (non-hydrogen) atoms. The average Bonchev–Trinajstić information content (AvgIpc) is 3.33. The Morgan fingerprint density at radius 1 is 0.963 bits per heavy atom. The summed E-state index contributed by atoms with van der Waals surface area (Å²) >= 11 is 0. The molecule has 0 saturated carbocycles. The van der Waals surface area contributed by atoms with Gasteiger partial charge >= 0.3 is 0 Å². The highest BCUT2D eigenvalue weighted by molar-refractivity contribution is 6.04. The highest BCUT2D eigenvalue weighted by Crippen LogP contribution is 2.38. The van der Waals surface area contributed by atoms with Gasteiger partial charge in [0.25, 0.3) is 0 Å². The van der Waals surface area contributed by atoms with Crippen LogP contribution in [0.1, 0.15) is 23.1 Å². The second-order valence-electron chi connectivity index (χ2n) is 7.30. The van der Waals surface area contributed by atoms with Crippen molar-refractivity contribution in [1.29, 1.82) is 0 Å². The van der Waals surface area contributed by atoms with E-state index in [0.29, 0.717) is 0 Å². The molecule has 1 fully saturated rings. The Hall–Kier alpha value is -2.62. The molecule has 2 heterocycles. The van der Waals surface area contributed by atoms with Gasteiger partial charge in [-0.05, 0) is 52.5 Å². The third-order valence-electron chi connectivity index (χ3n) is 5.65. The number of H-pyrrole nitrogens is 1. The number of nitrogens with zero attached hydrogens (tertiary/aromatic N) is 1. The van der Waals surface area contributed by atoms with Gasteiger partial charge in [0.1, 0.15) is 0 Å². The van der Waals surface area contributed by atoms with Gasteiger partial charge in [-0.25, -0.2) is 0 Å². The number of hydrogen-bond acceptors (Lipinski definition) is 2. The first kappa shape index (κ1) is 16.5. The van der Waals surface area contributed by atoms with Gasteiger partial charge in [-0.3, -0.25) is 4.90 Å². The highest BCUT2D eigenvalue weighted by atomic mass is 16.5. The first-order chi connectivity index (χ1) is 13.4. The zero-order valence-electron chi connectivity index (χ0n) is 15.4. The molecule has 3 aromatic rings. The number of aromatic nitrogens is 1. The first-order valence-corrected chi connectivity index (χ1v) is 9.77. The Labute approximate surface area is 160 Å². The Balaban J connectivity index is 1.47. The Morgan fingerprint density at radius 2 is 1.81 bits per heavy atom. The van der Waals surface area contributed by atoms with Crippen molar-refractivity contribution in [2.75, 3.05) is 32.8 Å². The van der Waals surface area contributed by atoms with Crippen molar-refractivity contribution in [3.05, 3.63) is 77.5 Å². The monoisotopic (exact) mass is 356 g/mol. The van der Waals surface area contributed by atoms with Crippen molar-refractivity contribution in [2.45, 2.75) is 6.42 Å². The number of rotatable bonds is 4. The van der Waals surface area contributed by atoms with E-state index in [2.05, 4.69) is 70.6 Å². The molecule has 5 rings (SSSR count). The van der Waals surface area contributed by atoms with Crippen molar-refractivity contribution < 1.29 is 4.74 Å². The third-order valence-corrected chi connectivity index (χ3v) is 5.65. The quantitative estimate of drug-likeness (QED) is 0.725. The summed E-state index contributed by atoms with van der Waals surface area (Å²) in [7, 11) is 0. The van der Waals surface area contributed by atoms with Gasteiger partial charge in [-0.15, -0.1) is 0 Å². The number of fused-ring (bicyclic) bond motifs is 2. The smallest absolute Gasteiger partial charge is 0.0594 e. The number of benzene rings is 2. The van der Waals surface area contributed by atoms with E-state index >= 15 is 0 Å². The second kappa shape index (κ2) is 7.18. The molecule has 0 spiro atoms. The maximum absolute atomic E-state index is 5.47. The van der Waals surface area contributed by atoms with Gasteiger partial charge in [0.15, 0.2) is 0 Å². The zero-order chi connectivity index (χ0) is 18.1. The normalized spacial score (nSPS) is 18.8. The lowest BCUT2D eigenvalue weighted by Gasteiger charge is -2.26. The molecule has 0 atom stereocenters. The molecule has 1 aromatic heterocycles. The lowest BCUT2D eigenvalue weighted by molar-refractivity contribution is 0.0390. The SMILES string of the molecule is C1=C(CCN2CCOCC2)c2ccccc2/C1=C\c1cccc2[nH]ccc12. The molecule has 3 heteroatoms. The van der Waals surface area contributed by atoms with Crippen LogP contribution in [0.2, 0.25) is 0 Å². The summed E-state index contributed by atoms with van der Waals surface area (Å²) in [6, 6.07) is 17.4. The second-order valence-corrected chi connectivity index (χ2v) is 7.30. The number of hydrogen-bond donors (Lipinski definition) is 1. The Bertz CT molecular complexity index is 1020. The zero-order valence-corrected chi connectivity index (χ0v) is 15.4. The summed E-state index contributed by atoms with van der Waals surface area (Å²) in [6.45, 7) is 4.92. The van der Waals surface area contributed by atoms with E-state index in [1.807, 2.05) is 6.20 Å². The molecular weight excluding hydrogens is 332 g/mol. The molecule has 3 nitrogen and oxygen atoms in total. The van der Waals surface area contributed by atoms with Crippen LogP contribution in [0.25, 0.3) is 28.1 Å². The number of aromatic amines is 1. The number of ether oxygens (including phenoxy) is 1. The minimum absolute atomic E-state index is 0.863. The lowest BCUT2D eigenvalue weighted by Crippen LogP contribution is -2.36. The molecule has 1 aliphatic heterocycles. The summed E-state index contributed by atoms with van der Waals surface area (Å²) < 4.78 is 5.47. The van der Waals surface area contributed by atoms with Crippen LogP contribution in [0.5, 0.6) is 0 Å². The summed E-state index contributed by atoms with van der Waals surface area (Å²) in [5, 5.41) is 1.28. The van der Waals surface area contributed by atoms with Crippen molar-refractivity contribution in [3.8, 4) is 0 Å². The molecule has 136 valence electrons. The van der Waals surface area contributed by atoms with Crippen molar-refractivity contribution in [1.82, 2.24) is 9.88 Å². The predicted molar refractivity (Wildman–Crippen MR) is 112 cm³/mol. The van der Waals surface area contributed by atoms with Crippen LogP contribution in [-0.4, -0.2) is 42.7 Å². The van der Waals surface area contributed by atoms with Gasteiger partial charge in [0.2, 0.25) is 0 Å². The summed E-state index contributed by atoms with van der Waals surface area (Å²) in [6.07, 6.45) is 7.81. The maximum atomic E-state index is 5.47. The first-order valence-electron chi connectivity index (χ1n) is 9.77. The largest absolute Gasteiger partial charge is 0.379 e. The molecule has 0 bridgehead atoms. The number of nitrogens with one attached hydrogen (secondary N) is 1. The molecular formula is C24H24N2O. The third kappa shape index (κ3) is 3.25. The minimum atomic E-state index is 0.863. The average molecular weight is 356 g/mol. The standard InChI is InChI=1S/C24H24N2O/c1-2-6-22-20(16-18-4-3-7-24-23(18)8-10-25-24)17-19(21(22)5-1)9-11-26-12-14-27-15-13-26/h1-8,10,16-17,25H,9,11-15H2/b20-16-. The fourth-order valence-corrected chi connectivity index (χ4v) is 4.19. The van der Waals surface area contributed by atoms with Gasteiger partial charge in [0, 0.05) is 36.7 Å². The van der Waals surface area contributed by atoms with Crippen LogP contribution in [0.15, 0.2) is 60.8 Å². The fraction of sp³-hybridized carbons (Fsp3) is 0.250. The van der Waals surface area contributed by atoms with Crippen LogP contribution in [0.3, 0.4) is 0 Å². The van der Waals surface area contributed by atoms with E-state index in [0.717, 1.165) is 39.3 Å². The van der Waals surface area contributed by atoms with Gasteiger partial charge < -0.3 is 9.72 Å². The lowest BCUT2D eigenvalue weighted by atomic mass is 10.0. The molecule has 1 saturated heterocycles. The predicted octanol–water partition coefficient (Wildman–Crippen LogP) is 4.83. The van der Waals surface area contributed by atoms with E-state index in [-0.39, 0.29) is 0 Å². The van der Waals surface area contributed by atoms with Crippen LogP contribution in [-0.2, 0) is 4.74 Å². The topological polar surface area (TPSA) is 28.3 Å². The van der Waals surface area contributed by atoms with E-state index in [4.69, 9.17) is 4.74 Å². The molecule has 2 aliphatic rings. The minimum Gasteiger partial charge on any atom is -0.379 e. The molecule has 0 amide bonds. The van der Waals surface area contributed by atoms with Crippen molar-refractivity contribution in [2.24, 2.45) is 0 Å². The van der Waals surface area contributed by atoms with E-state index in [1.54, 1.807) is 0 Å². The molecule has 0 unspecified atom stereocenters. The fourth-order valence-electron chi connectivity index (χ4n) is 4.19. The van der Waals surface area contributed by atoms with Gasteiger partial charge in [-0.2, -0.15) is 0 Å². The van der Waals surface area contributed by atoms with Gasteiger partial charge in [0.05, 0.1) is 13.2 Å². The summed E-state index contributed by atoms with van der Waals surface area (Å²) in [4.78, 5) is 5.82. The molecule has 1 aliphatic carbocycles. The van der Waals surface area contributed by atoms with Crippen LogP contribution >= 0.6 is 0 Å². The van der Waals surface area contributed by atoms with E-state index in [9.17, 15) is 0 Å². The number of morpholine rings is 1. The van der Waals surface area contributed by atoms with E-state index < -0.39 is 0 Å². The van der Waals surface area contributed by atoms with Crippen LogP contribution in [0, 0.1) is 0 Å². The highest BCUT2D eigenvalue weighted by Gasteiger charge is 2.19.